The number of hydrogen-bond acceptors (Lipinski definition) is 0. The van der Waals surface area contributed by atoms with Crippen LogP contribution in [0.15, 0.2) is 0 Å². The number of hydrogen-bond donors (Lipinski definition) is 0. The molecule has 0 aromatic heterocycles. The van der Waals surface area contributed by atoms with Crippen LogP contribution in [0.3, 0.4) is 0 Å². The summed E-state index contributed by atoms with van der Waals surface area (Å²) < 4.78 is 0. The molecule has 0 aliphatic heterocycles. The van der Waals surface area contributed by atoms with Gasteiger partial charge in [-0.2, -0.15) is 0 Å². The Morgan fingerprint density at radius 3 is 2.17 bits per heavy atom. The topological polar surface area (TPSA) is 0 Å². The first-order valence-corrected chi connectivity index (χ1v) is 3.11. The van der Waals surface area contributed by atoms with Crippen molar-refractivity contribution in [2.24, 2.45) is 5.92 Å². The fraction of sp³-hybridized carbons (Fsp3) is 1.00. The standard InChI is InChI=1S/C4H7Br.Mg.2H/c5-3-4-1-2-4;;;/h4H,1-3H2;;;/q;+2;2*-1. The fourth-order valence-corrected chi connectivity index (χ4v) is 0.920. The maximum atomic E-state index is 3.38. The van der Waals surface area contributed by atoms with Gasteiger partial charge in [-0.1, -0.05) is 15.9 Å². The molecule has 0 heterocycles. The van der Waals surface area contributed by atoms with Gasteiger partial charge >= 0.3 is 23.1 Å². The minimum absolute atomic E-state index is 0. The van der Waals surface area contributed by atoms with E-state index in [0.29, 0.717) is 0 Å². The van der Waals surface area contributed by atoms with Gasteiger partial charge in [-0.15, -0.1) is 0 Å². The third kappa shape index (κ3) is 2.42. The summed E-state index contributed by atoms with van der Waals surface area (Å²) in [5.41, 5.74) is 0. The van der Waals surface area contributed by atoms with Gasteiger partial charge in [-0.05, 0) is 18.8 Å². The molecule has 34 valence electrons. The Hall–Kier alpha value is 1.25. The quantitative estimate of drug-likeness (QED) is 0.405. The predicted octanol–water partition coefficient (Wildman–Crippen LogP) is 1.64. The molecule has 0 aromatic carbocycles. The minimum atomic E-state index is 0. The molecule has 6 heavy (non-hydrogen) atoms. The third-order valence-electron chi connectivity index (χ3n) is 0.915. The van der Waals surface area contributed by atoms with Gasteiger partial charge in [0.1, 0.15) is 0 Å². The minimum Gasteiger partial charge on any atom is -1.00 e. The molecular weight excluding hydrogens is 152 g/mol. The Morgan fingerprint density at radius 2 is 2.17 bits per heavy atom. The van der Waals surface area contributed by atoms with Crippen molar-refractivity contribution in [1.29, 1.82) is 0 Å². The first kappa shape index (κ1) is 7.25. The van der Waals surface area contributed by atoms with Gasteiger partial charge in [-0.3, -0.25) is 0 Å². The second-order valence-electron chi connectivity index (χ2n) is 1.60. The van der Waals surface area contributed by atoms with Crippen LogP contribution in [0.4, 0.5) is 0 Å². The fourth-order valence-electron chi connectivity index (χ4n) is 0.272. The average Bonchev–Trinajstić information content (AvgIpc) is 2.12. The van der Waals surface area contributed by atoms with Crippen molar-refractivity contribution in [3.63, 3.8) is 0 Å². The second-order valence-corrected chi connectivity index (χ2v) is 2.25. The molecule has 0 bridgehead atoms. The predicted molar refractivity (Wildman–Crippen MR) is 34.5 cm³/mol. The van der Waals surface area contributed by atoms with E-state index in [2.05, 4.69) is 15.9 Å². The Labute approximate surface area is 65.9 Å². The van der Waals surface area contributed by atoms with Crippen molar-refractivity contribution in [1.82, 2.24) is 0 Å². The SMILES string of the molecule is BrCC1CC1.[H-].[H-].[Mg+2]. The van der Waals surface area contributed by atoms with Crippen LogP contribution < -0.4 is 0 Å². The van der Waals surface area contributed by atoms with Crippen molar-refractivity contribution < 1.29 is 2.85 Å². The Kier molecular flexibility index (Phi) is 3.95. The van der Waals surface area contributed by atoms with Crippen molar-refractivity contribution in [3.05, 3.63) is 0 Å². The zero-order chi connectivity index (χ0) is 3.70. The largest absolute Gasteiger partial charge is 2.00 e. The van der Waals surface area contributed by atoms with Gasteiger partial charge in [0.2, 0.25) is 0 Å². The van der Waals surface area contributed by atoms with E-state index < -0.39 is 0 Å². The van der Waals surface area contributed by atoms with E-state index in [1.54, 1.807) is 0 Å². The van der Waals surface area contributed by atoms with Crippen LogP contribution in [0.2, 0.25) is 0 Å². The summed E-state index contributed by atoms with van der Waals surface area (Å²) in [6.45, 7) is 0. The van der Waals surface area contributed by atoms with Gasteiger partial charge in [0.15, 0.2) is 0 Å². The van der Waals surface area contributed by atoms with Crippen LogP contribution in [0.5, 0.6) is 0 Å². The van der Waals surface area contributed by atoms with E-state index in [4.69, 9.17) is 0 Å². The van der Waals surface area contributed by atoms with Crippen molar-refractivity contribution >= 4 is 39.0 Å². The number of alkyl halides is 1. The average molecular weight is 161 g/mol. The molecule has 0 aromatic rings. The molecule has 0 amide bonds. The molecule has 1 aliphatic carbocycles. The molecule has 1 saturated carbocycles. The molecule has 0 radical (unpaired) electrons. The smallest absolute Gasteiger partial charge is 1.00 e. The van der Waals surface area contributed by atoms with Crippen LogP contribution >= 0.6 is 15.9 Å². The van der Waals surface area contributed by atoms with Gasteiger partial charge < -0.3 is 2.85 Å². The summed E-state index contributed by atoms with van der Waals surface area (Å²) in [6.07, 6.45) is 2.93. The molecule has 2 heteroatoms. The molecule has 0 N–H and O–H groups in total. The first-order chi connectivity index (χ1) is 2.43. The van der Waals surface area contributed by atoms with Crippen molar-refractivity contribution in [2.45, 2.75) is 12.8 Å². The first-order valence-electron chi connectivity index (χ1n) is 1.99. The molecule has 1 fully saturated rings. The zero-order valence-corrected chi connectivity index (χ0v) is 6.78. The number of rotatable bonds is 1. The molecule has 1 rings (SSSR count). The molecule has 0 nitrogen and oxygen atoms in total. The van der Waals surface area contributed by atoms with Crippen LogP contribution in [-0.4, -0.2) is 28.4 Å². The number of halogens is 1. The van der Waals surface area contributed by atoms with Crippen LogP contribution in [0.25, 0.3) is 0 Å². The monoisotopic (exact) mass is 160 g/mol. The van der Waals surface area contributed by atoms with E-state index >= 15 is 0 Å². The van der Waals surface area contributed by atoms with Gasteiger partial charge in [0, 0.05) is 5.33 Å². The summed E-state index contributed by atoms with van der Waals surface area (Å²) >= 11 is 3.38. The third-order valence-corrected chi connectivity index (χ3v) is 1.83. The Morgan fingerprint density at radius 1 is 1.67 bits per heavy atom. The van der Waals surface area contributed by atoms with Crippen LogP contribution in [0.1, 0.15) is 15.7 Å². The van der Waals surface area contributed by atoms with E-state index in [-0.39, 0.29) is 25.9 Å². The maximum Gasteiger partial charge on any atom is 2.00 e. The summed E-state index contributed by atoms with van der Waals surface area (Å²) in [5.74, 6) is 1.05. The van der Waals surface area contributed by atoms with Gasteiger partial charge in [-0.25, -0.2) is 0 Å². The van der Waals surface area contributed by atoms with E-state index in [1.165, 1.54) is 18.2 Å². The maximum absolute atomic E-state index is 3.38. The summed E-state index contributed by atoms with van der Waals surface area (Å²) in [4.78, 5) is 0. The van der Waals surface area contributed by atoms with Crippen LogP contribution in [0, 0.1) is 5.92 Å². The van der Waals surface area contributed by atoms with E-state index in [1.807, 2.05) is 0 Å². The molecule has 0 saturated heterocycles. The van der Waals surface area contributed by atoms with Gasteiger partial charge in [0.25, 0.3) is 0 Å². The molecular formula is C4H9BrMg. The molecule has 0 unspecified atom stereocenters. The molecule has 0 atom stereocenters. The van der Waals surface area contributed by atoms with Crippen LogP contribution in [-0.2, 0) is 0 Å². The normalized spacial score (nSPS) is 19.5. The van der Waals surface area contributed by atoms with Gasteiger partial charge in [0.05, 0.1) is 0 Å². The summed E-state index contributed by atoms with van der Waals surface area (Å²) in [6, 6.07) is 0. The van der Waals surface area contributed by atoms with Crippen molar-refractivity contribution in [2.75, 3.05) is 5.33 Å². The Bertz CT molecular complexity index is 41.0. The molecule has 1 aliphatic rings. The summed E-state index contributed by atoms with van der Waals surface area (Å²) in [5, 5.41) is 1.23. The second kappa shape index (κ2) is 3.27. The van der Waals surface area contributed by atoms with E-state index in [0.717, 1.165) is 5.92 Å². The zero-order valence-electron chi connectivity index (χ0n) is 5.78. The Balaban J connectivity index is -0.0000000833. The van der Waals surface area contributed by atoms with E-state index in [9.17, 15) is 0 Å². The van der Waals surface area contributed by atoms with Crippen molar-refractivity contribution in [3.8, 4) is 0 Å². The summed E-state index contributed by atoms with van der Waals surface area (Å²) in [7, 11) is 0. The molecule has 0 spiro atoms.